The molecule has 0 N–H and O–H groups in total. The molecule has 0 aromatic heterocycles. The average molecular weight is 326 g/mol. The molecule has 0 aliphatic rings. The molecule has 0 saturated carbocycles. The first-order chi connectivity index (χ1) is 11.6. The van der Waals surface area contributed by atoms with Crippen LogP contribution in [0.25, 0.3) is 0 Å². The predicted molar refractivity (Wildman–Crippen MR) is 89.0 cm³/mol. The lowest BCUT2D eigenvalue weighted by Gasteiger charge is -2.02. The molecule has 24 heavy (non-hydrogen) atoms. The van der Waals surface area contributed by atoms with E-state index < -0.39 is 0 Å². The van der Waals surface area contributed by atoms with Crippen molar-refractivity contribution < 1.29 is 19.1 Å². The molecule has 6 nitrogen and oxygen atoms in total. The maximum atomic E-state index is 11.6. The molecule has 0 radical (unpaired) electrons. The lowest BCUT2D eigenvalue weighted by atomic mass is 10.2. The van der Waals surface area contributed by atoms with E-state index in [9.17, 15) is 9.59 Å². The second-order valence-corrected chi connectivity index (χ2v) is 4.73. The highest BCUT2D eigenvalue weighted by Gasteiger charge is 2.06. The van der Waals surface area contributed by atoms with Gasteiger partial charge in [-0.2, -0.15) is 10.2 Å². The van der Waals surface area contributed by atoms with Gasteiger partial charge in [0.2, 0.25) is 0 Å². The fraction of sp³-hybridized carbons (Fsp3) is 0.222. The van der Waals surface area contributed by atoms with Crippen LogP contribution in [-0.2, 0) is 9.47 Å². The summed E-state index contributed by atoms with van der Waals surface area (Å²) in [5.74, 6) is -0.730. The topological polar surface area (TPSA) is 77.3 Å². The van der Waals surface area contributed by atoms with Gasteiger partial charge in [0.15, 0.2) is 0 Å². The van der Waals surface area contributed by atoms with E-state index >= 15 is 0 Å². The van der Waals surface area contributed by atoms with Crippen LogP contribution in [0.1, 0.15) is 34.6 Å². The maximum Gasteiger partial charge on any atom is 0.338 e. The zero-order valence-corrected chi connectivity index (χ0v) is 13.6. The van der Waals surface area contributed by atoms with E-state index in [4.69, 9.17) is 9.47 Å². The minimum Gasteiger partial charge on any atom is -0.462 e. The van der Waals surface area contributed by atoms with Gasteiger partial charge in [-0.3, -0.25) is 0 Å². The van der Waals surface area contributed by atoms with Crippen molar-refractivity contribution in [1.82, 2.24) is 0 Å². The summed E-state index contributed by atoms with van der Waals surface area (Å²) < 4.78 is 9.83. The Hall–Kier alpha value is -3.02. The SMILES string of the molecule is CCOC(=O)c1ccc(/N=N/c2ccc(C(=O)OCC)cc2)cc1. The van der Waals surface area contributed by atoms with Gasteiger partial charge in [-0.1, -0.05) is 0 Å². The highest BCUT2D eigenvalue weighted by Crippen LogP contribution is 2.19. The van der Waals surface area contributed by atoms with E-state index in [1.807, 2.05) is 0 Å². The number of esters is 2. The number of nitrogens with zero attached hydrogens (tertiary/aromatic N) is 2. The molecule has 0 unspecified atom stereocenters. The molecule has 0 saturated heterocycles. The van der Waals surface area contributed by atoms with Crippen LogP contribution in [0.2, 0.25) is 0 Å². The molecule has 0 heterocycles. The Morgan fingerprint density at radius 1 is 0.708 bits per heavy atom. The molecule has 2 aromatic rings. The summed E-state index contributed by atoms with van der Waals surface area (Å²) >= 11 is 0. The Bertz CT molecular complexity index is 658. The number of rotatable bonds is 6. The Morgan fingerprint density at radius 2 is 1.04 bits per heavy atom. The number of hydrogen-bond donors (Lipinski definition) is 0. The fourth-order valence-electron chi connectivity index (χ4n) is 1.87. The van der Waals surface area contributed by atoms with Crippen molar-refractivity contribution in [2.24, 2.45) is 10.2 Å². The van der Waals surface area contributed by atoms with E-state index in [1.165, 1.54) is 0 Å². The van der Waals surface area contributed by atoms with Crippen molar-refractivity contribution in [3.63, 3.8) is 0 Å². The molecule has 0 fully saturated rings. The lowest BCUT2D eigenvalue weighted by Crippen LogP contribution is -2.03. The standard InChI is InChI=1S/C18H18N2O4/c1-3-23-17(21)13-5-9-15(10-6-13)19-20-16-11-7-14(8-12-16)18(22)24-4-2/h5-12H,3-4H2,1-2H3/b20-19+. The van der Waals surface area contributed by atoms with Crippen LogP contribution in [0.5, 0.6) is 0 Å². The van der Waals surface area contributed by atoms with E-state index in [0.29, 0.717) is 35.7 Å². The van der Waals surface area contributed by atoms with Crippen LogP contribution in [0.3, 0.4) is 0 Å². The minimum absolute atomic E-state index is 0.335. The van der Waals surface area contributed by atoms with Gasteiger partial charge in [-0.25, -0.2) is 9.59 Å². The monoisotopic (exact) mass is 326 g/mol. The third-order valence-corrected chi connectivity index (χ3v) is 3.04. The lowest BCUT2D eigenvalue weighted by molar-refractivity contribution is 0.0517. The second-order valence-electron chi connectivity index (χ2n) is 4.73. The van der Waals surface area contributed by atoms with Gasteiger partial charge in [0, 0.05) is 0 Å². The molecule has 0 bridgehead atoms. The highest BCUT2D eigenvalue weighted by molar-refractivity contribution is 5.90. The Balaban J connectivity index is 2.02. The van der Waals surface area contributed by atoms with E-state index in [-0.39, 0.29) is 11.9 Å². The molecule has 6 heteroatoms. The van der Waals surface area contributed by atoms with Crippen LogP contribution in [0.4, 0.5) is 11.4 Å². The molecule has 0 spiro atoms. The number of hydrogen-bond acceptors (Lipinski definition) is 6. The van der Waals surface area contributed by atoms with Crippen molar-refractivity contribution in [2.75, 3.05) is 13.2 Å². The molecule has 124 valence electrons. The van der Waals surface area contributed by atoms with Gasteiger partial charge in [-0.15, -0.1) is 0 Å². The Kier molecular flexibility index (Phi) is 6.19. The summed E-state index contributed by atoms with van der Waals surface area (Å²) in [4.78, 5) is 23.1. The number of azo groups is 1. The average Bonchev–Trinajstić information content (AvgIpc) is 2.61. The first-order valence-corrected chi connectivity index (χ1v) is 7.60. The van der Waals surface area contributed by atoms with Crippen molar-refractivity contribution in [2.45, 2.75) is 13.8 Å². The smallest absolute Gasteiger partial charge is 0.338 e. The third kappa shape index (κ3) is 4.74. The highest BCUT2D eigenvalue weighted by atomic mass is 16.5. The Morgan fingerprint density at radius 3 is 1.33 bits per heavy atom. The van der Waals surface area contributed by atoms with Crippen molar-refractivity contribution >= 4 is 23.3 Å². The molecule has 2 rings (SSSR count). The van der Waals surface area contributed by atoms with Gasteiger partial charge >= 0.3 is 11.9 Å². The van der Waals surface area contributed by atoms with Gasteiger partial charge in [0.25, 0.3) is 0 Å². The number of carbonyl (C=O) groups excluding carboxylic acids is 2. The van der Waals surface area contributed by atoms with Crippen molar-refractivity contribution in [3.8, 4) is 0 Å². The number of benzene rings is 2. The van der Waals surface area contributed by atoms with Crippen LogP contribution in [-0.4, -0.2) is 25.2 Å². The quantitative estimate of drug-likeness (QED) is 0.580. The number of ether oxygens (including phenoxy) is 2. The summed E-state index contributed by atoms with van der Waals surface area (Å²) in [6.45, 7) is 4.19. The maximum absolute atomic E-state index is 11.6. The molecular weight excluding hydrogens is 308 g/mol. The van der Waals surface area contributed by atoms with Crippen LogP contribution < -0.4 is 0 Å². The normalized spacial score (nSPS) is 10.6. The van der Waals surface area contributed by atoms with Crippen molar-refractivity contribution in [3.05, 3.63) is 59.7 Å². The van der Waals surface area contributed by atoms with Gasteiger partial charge in [0.1, 0.15) is 0 Å². The van der Waals surface area contributed by atoms with Gasteiger partial charge in [0.05, 0.1) is 35.7 Å². The van der Waals surface area contributed by atoms with Gasteiger partial charge in [-0.05, 0) is 62.4 Å². The summed E-state index contributed by atoms with van der Waals surface area (Å²) in [5, 5.41) is 8.18. The van der Waals surface area contributed by atoms with Crippen LogP contribution in [0, 0.1) is 0 Å². The molecule has 2 aromatic carbocycles. The molecule has 0 amide bonds. The van der Waals surface area contributed by atoms with E-state index in [2.05, 4.69) is 10.2 Å². The zero-order chi connectivity index (χ0) is 17.4. The molecule has 0 atom stereocenters. The largest absolute Gasteiger partial charge is 0.462 e. The van der Waals surface area contributed by atoms with Crippen LogP contribution >= 0.6 is 0 Å². The minimum atomic E-state index is -0.365. The third-order valence-electron chi connectivity index (χ3n) is 3.04. The second kappa shape index (κ2) is 8.57. The van der Waals surface area contributed by atoms with Gasteiger partial charge < -0.3 is 9.47 Å². The Labute approximate surface area is 140 Å². The van der Waals surface area contributed by atoms with E-state index in [0.717, 1.165) is 0 Å². The van der Waals surface area contributed by atoms with Crippen LogP contribution in [0.15, 0.2) is 58.8 Å². The molecule has 0 aliphatic heterocycles. The van der Waals surface area contributed by atoms with Crippen molar-refractivity contribution in [1.29, 1.82) is 0 Å². The number of carbonyl (C=O) groups is 2. The van der Waals surface area contributed by atoms with E-state index in [1.54, 1.807) is 62.4 Å². The summed E-state index contributed by atoms with van der Waals surface area (Å²) in [5.41, 5.74) is 2.15. The first-order valence-electron chi connectivity index (χ1n) is 7.60. The predicted octanol–water partition coefficient (Wildman–Crippen LogP) is 4.46. The summed E-state index contributed by atoms with van der Waals surface area (Å²) in [7, 11) is 0. The summed E-state index contributed by atoms with van der Waals surface area (Å²) in [6, 6.07) is 13.3. The molecular formula is C18H18N2O4. The molecule has 0 aliphatic carbocycles. The first kappa shape index (κ1) is 17.3. The zero-order valence-electron chi connectivity index (χ0n) is 13.6. The summed E-state index contributed by atoms with van der Waals surface area (Å²) in [6.07, 6.45) is 0. The fourth-order valence-corrected chi connectivity index (χ4v) is 1.87.